The summed E-state index contributed by atoms with van der Waals surface area (Å²) in [6.07, 6.45) is 0.670. The molecule has 1 fully saturated rings. The number of carbonyl (C=O) groups excluding carboxylic acids is 2. The lowest BCUT2D eigenvalue weighted by Crippen LogP contribution is -2.28. The zero-order chi connectivity index (χ0) is 20.1. The lowest BCUT2D eigenvalue weighted by Gasteiger charge is -2.17. The zero-order valence-electron chi connectivity index (χ0n) is 15.6. The fourth-order valence-corrected chi connectivity index (χ4v) is 3.15. The van der Waals surface area contributed by atoms with Crippen molar-refractivity contribution in [1.82, 2.24) is 0 Å². The molecule has 1 atom stereocenters. The molecule has 2 aromatic rings. The quantitative estimate of drug-likeness (QED) is 0.768. The highest BCUT2D eigenvalue weighted by atomic mass is 16.5. The van der Waals surface area contributed by atoms with Crippen LogP contribution >= 0.6 is 0 Å². The Labute approximate surface area is 162 Å². The van der Waals surface area contributed by atoms with Gasteiger partial charge in [-0.15, -0.1) is 0 Å². The van der Waals surface area contributed by atoms with Gasteiger partial charge in [-0.2, -0.15) is 0 Å². The minimum Gasteiger partial charge on any atom is -0.497 e. The number of anilines is 2. The van der Waals surface area contributed by atoms with E-state index in [9.17, 15) is 14.4 Å². The summed E-state index contributed by atoms with van der Waals surface area (Å²) in [5.74, 6) is -0.862. The van der Waals surface area contributed by atoms with E-state index in [0.717, 1.165) is 11.3 Å². The fraction of sp³-hybridized carbons (Fsp3) is 0.286. The predicted molar refractivity (Wildman–Crippen MR) is 104 cm³/mol. The Bertz CT molecular complexity index is 861. The predicted octanol–water partition coefficient (Wildman–Crippen LogP) is 2.70. The van der Waals surface area contributed by atoms with Gasteiger partial charge in [-0.25, -0.2) is 0 Å². The number of carboxylic acid groups (broad SMARTS) is 1. The van der Waals surface area contributed by atoms with Crippen molar-refractivity contribution in [3.8, 4) is 5.75 Å². The van der Waals surface area contributed by atoms with Crippen LogP contribution in [0.25, 0.3) is 0 Å². The van der Waals surface area contributed by atoms with E-state index in [0.29, 0.717) is 24.4 Å². The summed E-state index contributed by atoms with van der Waals surface area (Å²) >= 11 is 0. The van der Waals surface area contributed by atoms with Gasteiger partial charge in [-0.05, 0) is 48.4 Å². The van der Waals surface area contributed by atoms with E-state index in [1.54, 1.807) is 60.5 Å². The van der Waals surface area contributed by atoms with Crippen LogP contribution in [0.15, 0.2) is 48.5 Å². The van der Waals surface area contributed by atoms with Crippen molar-refractivity contribution < 1.29 is 24.2 Å². The van der Waals surface area contributed by atoms with Crippen LogP contribution in [0.4, 0.5) is 11.4 Å². The van der Waals surface area contributed by atoms with Crippen molar-refractivity contribution in [2.45, 2.75) is 19.3 Å². The molecule has 2 N–H and O–H groups in total. The minimum atomic E-state index is -0.843. The molecule has 1 heterocycles. The number of hydrogen-bond acceptors (Lipinski definition) is 4. The van der Waals surface area contributed by atoms with E-state index >= 15 is 0 Å². The molecule has 2 amide bonds. The molecule has 0 spiro atoms. The number of nitrogens with one attached hydrogen (secondary N) is 1. The number of ether oxygens (including phenoxy) is 1. The van der Waals surface area contributed by atoms with Gasteiger partial charge in [-0.3, -0.25) is 14.4 Å². The molecule has 146 valence electrons. The highest BCUT2D eigenvalue weighted by Gasteiger charge is 2.35. The van der Waals surface area contributed by atoms with Gasteiger partial charge in [0, 0.05) is 30.8 Å². The summed E-state index contributed by atoms with van der Waals surface area (Å²) in [7, 11) is 1.58. The van der Waals surface area contributed by atoms with Crippen LogP contribution in [-0.4, -0.2) is 36.5 Å². The normalized spacial score (nSPS) is 16.1. The second-order valence-corrected chi connectivity index (χ2v) is 6.68. The Morgan fingerprint density at radius 1 is 1.14 bits per heavy atom. The van der Waals surface area contributed by atoms with Gasteiger partial charge in [0.15, 0.2) is 0 Å². The maximum atomic E-state index is 12.5. The van der Waals surface area contributed by atoms with Gasteiger partial charge in [0.1, 0.15) is 5.75 Å². The van der Waals surface area contributed by atoms with Gasteiger partial charge in [-0.1, -0.05) is 12.1 Å². The van der Waals surface area contributed by atoms with Crippen LogP contribution in [0, 0.1) is 5.92 Å². The molecule has 1 saturated heterocycles. The summed E-state index contributed by atoms with van der Waals surface area (Å²) in [5.41, 5.74) is 2.26. The molecule has 0 saturated carbocycles. The lowest BCUT2D eigenvalue weighted by molar-refractivity contribution is -0.137. The fourth-order valence-electron chi connectivity index (χ4n) is 3.15. The van der Waals surface area contributed by atoms with Crippen LogP contribution in [0.2, 0.25) is 0 Å². The van der Waals surface area contributed by atoms with Gasteiger partial charge in [0.05, 0.1) is 13.0 Å². The molecule has 3 rings (SSSR count). The average Bonchev–Trinajstić information content (AvgIpc) is 3.09. The molecule has 0 radical (unpaired) electrons. The molecular weight excluding hydrogens is 360 g/mol. The zero-order valence-corrected chi connectivity index (χ0v) is 15.6. The van der Waals surface area contributed by atoms with Crippen LogP contribution in [0.3, 0.4) is 0 Å². The standard InChI is InChI=1S/C21H22N2O5/c1-28-18-9-7-17(8-10-18)23-13-15(12-19(23)24)21(27)22-16-5-2-14(3-6-16)4-11-20(25)26/h2-3,5-10,15H,4,11-13H2,1H3,(H,22,27)(H,25,26). The van der Waals surface area contributed by atoms with Crippen LogP contribution in [0.1, 0.15) is 18.4 Å². The first-order valence-electron chi connectivity index (χ1n) is 9.02. The summed E-state index contributed by atoms with van der Waals surface area (Å²) in [6, 6.07) is 14.2. The lowest BCUT2D eigenvalue weighted by atomic mass is 10.1. The van der Waals surface area contributed by atoms with E-state index < -0.39 is 11.9 Å². The van der Waals surface area contributed by atoms with Crippen LogP contribution in [0.5, 0.6) is 5.75 Å². The first-order valence-corrected chi connectivity index (χ1v) is 9.02. The number of carbonyl (C=O) groups is 3. The summed E-state index contributed by atoms with van der Waals surface area (Å²) in [4.78, 5) is 37.1. The third-order valence-corrected chi connectivity index (χ3v) is 4.73. The van der Waals surface area contributed by atoms with Crippen molar-refractivity contribution >= 4 is 29.2 Å². The van der Waals surface area contributed by atoms with E-state index in [-0.39, 0.29) is 24.7 Å². The van der Waals surface area contributed by atoms with Gasteiger partial charge >= 0.3 is 5.97 Å². The van der Waals surface area contributed by atoms with Crippen molar-refractivity contribution in [1.29, 1.82) is 0 Å². The van der Waals surface area contributed by atoms with Crippen molar-refractivity contribution in [3.63, 3.8) is 0 Å². The molecule has 0 aromatic heterocycles. The Kier molecular flexibility index (Phi) is 5.93. The number of aryl methyl sites for hydroxylation is 1. The maximum Gasteiger partial charge on any atom is 0.303 e. The second kappa shape index (κ2) is 8.56. The highest BCUT2D eigenvalue weighted by Crippen LogP contribution is 2.27. The average molecular weight is 382 g/mol. The number of aliphatic carboxylic acids is 1. The summed E-state index contributed by atoms with van der Waals surface area (Å²) in [5, 5.41) is 11.6. The SMILES string of the molecule is COc1ccc(N2CC(C(=O)Nc3ccc(CCC(=O)O)cc3)CC2=O)cc1. The second-order valence-electron chi connectivity index (χ2n) is 6.68. The molecule has 28 heavy (non-hydrogen) atoms. The largest absolute Gasteiger partial charge is 0.497 e. The summed E-state index contributed by atoms with van der Waals surface area (Å²) in [6.45, 7) is 0.327. The number of amides is 2. The summed E-state index contributed by atoms with van der Waals surface area (Å²) < 4.78 is 5.12. The molecule has 0 bridgehead atoms. The van der Waals surface area contributed by atoms with E-state index in [1.165, 1.54) is 0 Å². The molecule has 1 unspecified atom stereocenters. The minimum absolute atomic E-state index is 0.0666. The Morgan fingerprint density at radius 2 is 1.82 bits per heavy atom. The first kappa shape index (κ1) is 19.4. The Balaban J connectivity index is 1.58. The van der Waals surface area contributed by atoms with E-state index in [1.807, 2.05) is 0 Å². The monoisotopic (exact) mass is 382 g/mol. The Hall–Kier alpha value is -3.35. The van der Waals surface area contributed by atoms with E-state index in [2.05, 4.69) is 5.32 Å². The van der Waals surface area contributed by atoms with Gasteiger partial charge in [0.2, 0.25) is 11.8 Å². The van der Waals surface area contributed by atoms with Crippen molar-refractivity contribution in [3.05, 3.63) is 54.1 Å². The van der Waals surface area contributed by atoms with Crippen LogP contribution < -0.4 is 15.0 Å². The molecule has 7 heteroatoms. The topological polar surface area (TPSA) is 95.9 Å². The molecule has 1 aliphatic heterocycles. The molecule has 1 aliphatic rings. The third kappa shape index (κ3) is 4.68. The van der Waals surface area contributed by atoms with Gasteiger partial charge in [0.25, 0.3) is 0 Å². The van der Waals surface area contributed by atoms with Crippen molar-refractivity contribution in [2.24, 2.45) is 5.92 Å². The number of hydrogen-bond donors (Lipinski definition) is 2. The maximum absolute atomic E-state index is 12.5. The highest BCUT2D eigenvalue weighted by molar-refractivity contribution is 6.03. The first-order chi connectivity index (χ1) is 13.5. The number of nitrogens with zero attached hydrogens (tertiary/aromatic N) is 1. The number of carboxylic acids is 1. The number of methoxy groups -OCH3 is 1. The van der Waals surface area contributed by atoms with Gasteiger partial charge < -0.3 is 20.1 Å². The molecule has 2 aromatic carbocycles. The molecule has 0 aliphatic carbocycles. The Morgan fingerprint density at radius 3 is 2.43 bits per heavy atom. The number of benzene rings is 2. The molecule has 7 nitrogen and oxygen atoms in total. The van der Waals surface area contributed by atoms with Crippen LogP contribution in [-0.2, 0) is 20.8 Å². The smallest absolute Gasteiger partial charge is 0.303 e. The third-order valence-electron chi connectivity index (χ3n) is 4.73. The number of rotatable bonds is 7. The van der Waals surface area contributed by atoms with E-state index in [4.69, 9.17) is 9.84 Å². The molecular formula is C21H22N2O5. The van der Waals surface area contributed by atoms with Crippen molar-refractivity contribution in [2.75, 3.05) is 23.9 Å².